The van der Waals surface area contributed by atoms with Crippen molar-refractivity contribution in [3.05, 3.63) is 42.5 Å². The van der Waals surface area contributed by atoms with Gasteiger partial charge in [0, 0.05) is 0 Å². The van der Waals surface area contributed by atoms with Crippen LogP contribution in [0, 0.1) is 0 Å². The standard InChI is InChI=1S/C16H13AsN2O11S2.3Na/c20-12-7-9(31(25,26)27)5-8-6-13(32(28,29)30)15(16(21)14(8)12)19-18-11-4-2-1-3-10(11)17(22,23)24;;;/h1-7,20-21H,(H2,22,23,24)(H,25,26,27)(H,28,29,30);;;/q;3*+1/p-3. The maximum atomic E-state index is 11.7. The Bertz CT molecular complexity index is 1560. The number of hydrogen-bond donors (Lipinski definition) is 3. The number of aromatic hydroxyl groups is 2. The molecule has 3 aromatic carbocycles. The van der Waals surface area contributed by atoms with Gasteiger partial charge in [0.15, 0.2) is 0 Å². The van der Waals surface area contributed by atoms with Crippen LogP contribution in [0.3, 0.4) is 0 Å². The first-order valence-corrected chi connectivity index (χ1v) is 14.2. The molecule has 19 heteroatoms. The van der Waals surface area contributed by atoms with Crippen molar-refractivity contribution in [1.29, 1.82) is 0 Å². The molecule has 0 aliphatic rings. The second-order valence-corrected chi connectivity index (χ2v) is 12.2. The van der Waals surface area contributed by atoms with Gasteiger partial charge in [-0.25, -0.2) is 0 Å². The molecular formula is C16H10AsN2Na3O11S2. The first kappa shape index (κ1) is 35.2. The van der Waals surface area contributed by atoms with Crippen LogP contribution in [-0.2, 0) is 24.0 Å². The van der Waals surface area contributed by atoms with E-state index in [0.29, 0.717) is 18.2 Å². The third-order valence-corrected chi connectivity index (χ3v) is 7.84. The number of fused-ring (bicyclic) bond motifs is 1. The van der Waals surface area contributed by atoms with Gasteiger partial charge in [-0.3, -0.25) is 0 Å². The molecule has 0 saturated carbocycles. The normalized spacial score (nSPS) is 13.4. The smallest absolute Gasteiger partial charge is 1.00 e. The molecular weight excluding hydrogens is 604 g/mol. The van der Waals surface area contributed by atoms with E-state index in [1.54, 1.807) is 0 Å². The van der Waals surface area contributed by atoms with Gasteiger partial charge in [0.25, 0.3) is 0 Å². The summed E-state index contributed by atoms with van der Waals surface area (Å²) >= 11 is -5.74. The average Bonchev–Trinajstić information content (AvgIpc) is 2.64. The van der Waals surface area contributed by atoms with Gasteiger partial charge in [0.05, 0.1) is 0 Å². The second kappa shape index (κ2) is 12.8. The van der Waals surface area contributed by atoms with E-state index in [9.17, 15) is 48.1 Å². The van der Waals surface area contributed by atoms with Gasteiger partial charge in [0.1, 0.15) is 0 Å². The molecule has 0 radical (unpaired) electrons. The van der Waals surface area contributed by atoms with E-state index >= 15 is 0 Å². The Kier molecular flexibility index (Phi) is 12.9. The van der Waals surface area contributed by atoms with Crippen LogP contribution in [0.2, 0.25) is 0 Å². The SMILES string of the molecule is O=S(=O)([O-])c1cc(O)c2c(O)c(N=Nc3ccccc3[As](=O)([O-])O)c(S(=O)(=O)[O-])cc2c1.[Na+].[Na+].[Na+]. The molecule has 0 spiro atoms. The first-order valence-electron chi connectivity index (χ1n) is 8.10. The van der Waals surface area contributed by atoms with Crippen LogP contribution in [0.1, 0.15) is 0 Å². The molecule has 0 aliphatic carbocycles. The number of rotatable bonds is 5. The third-order valence-electron chi connectivity index (χ3n) is 4.10. The van der Waals surface area contributed by atoms with Gasteiger partial charge < -0.3 is 0 Å². The van der Waals surface area contributed by atoms with Crippen LogP contribution in [0.15, 0.2) is 62.5 Å². The third kappa shape index (κ3) is 8.10. The maximum Gasteiger partial charge on any atom is 1.00 e. The van der Waals surface area contributed by atoms with Crippen LogP contribution in [0.5, 0.6) is 11.5 Å². The summed E-state index contributed by atoms with van der Waals surface area (Å²) in [6.45, 7) is 0. The van der Waals surface area contributed by atoms with Crippen molar-refractivity contribution < 1.29 is 137 Å². The molecule has 1 atom stereocenters. The largest absolute Gasteiger partial charge is 1.00 e. The molecule has 0 bridgehead atoms. The quantitative estimate of drug-likeness (QED) is 0.139. The van der Waals surface area contributed by atoms with E-state index in [1.807, 2.05) is 0 Å². The zero-order valence-electron chi connectivity index (χ0n) is 18.3. The van der Waals surface area contributed by atoms with E-state index in [0.717, 1.165) is 12.1 Å². The Morgan fingerprint density at radius 3 is 1.94 bits per heavy atom. The molecule has 0 aromatic heterocycles. The van der Waals surface area contributed by atoms with Gasteiger partial charge >= 0.3 is 272 Å². The molecule has 170 valence electrons. The molecule has 13 nitrogen and oxygen atoms in total. The van der Waals surface area contributed by atoms with Gasteiger partial charge in [-0.1, -0.05) is 0 Å². The summed E-state index contributed by atoms with van der Waals surface area (Å²) in [5.41, 5.74) is -1.44. The Hall–Kier alpha value is 0.218. The fraction of sp³-hybridized carbons (Fsp3) is 0. The molecule has 0 aliphatic heterocycles. The predicted molar refractivity (Wildman–Crippen MR) is 102 cm³/mol. The maximum absolute atomic E-state index is 11.7. The van der Waals surface area contributed by atoms with Crippen LogP contribution in [0.4, 0.5) is 11.4 Å². The van der Waals surface area contributed by atoms with E-state index in [2.05, 4.69) is 10.2 Å². The Balaban J connectivity index is 0.00000385. The molecule has 0 heterocycles. The van der Waals surface area contributed by atoms with Crippen molar-refractivity contribution in [3.8, 4) is 11.5 Å². The summed E-state index contributed by atoms with van der Waals surface area (Å²) in [7, 11) is -10.5. The van der Waals surface area contributed by atoms with E-state index < -0.39 is 82.2 Å². The number of phenolic OH excluding ortho intramolecular Hbond substituents is 2. The van der Waals surface area contributed by atoms with Gasteiger partial charge in [0.2, 0.25) is 0 Å². The van der Waals surface area contributed by atoms with Gasteiger partial charge in [-0.05, 0) is 0 Å². The van der Waals surface area contributed by atoms with Crippen molar-refractivity contribution >= 4 is 60.9 Å². The van der Waals surface area contributed by atoms with E-state index in [4.69, 9.17) is 0 Å². The summed E-state index contributed by atoms with van der Waals surface area (Å²) in [5, 5.41) is 26.4. The number of nitrogens with zero attached hydrogens (tertiary/aromatic N) is 2. The van der Waals surface area contributed by atoms with Crippen LogP contribution >= 0.6 is 0 Å². The number of hydrogen-bond acceptors (Lipinski definition) is 12. The first-order chi connectivity index (χ1) is 14.6. The van der Waals surface area contributed by atoms with Crippen molar-refractivity contribution in [2.24, 2.45) is 10.2 Å². The summed E-state index contributed by atoms with van der Waals surface area (Å²) in [5.74, 6) is -2.08. The zero-order chi connectivity index (χ0) is 24.1. The fourth-order valence-corrected chi connectivity index (χ4v) is 5.37. The minimum absolute atomic E-state index is 0. The van der Waals surface area contributed by atoms with Crippen molar-refractivity contribution in [2.75, 3.05) is 0 Å². The van der Waals surface area contributed by atoms with Crippen LogP contribution in [-0.4, -0.2) is 54.4 Å². The monoisotopic (exact) mass is 614 g/mol. The number of benzene rings is 3. The summed E-state index contributed by atoms with van der Waals surface area (Å²) in [6, 6.07) is 6.33. The molecule has 0 fully saturated rings. The molecule has 1 unspecified atom stereocenters. The molecule has 35 heavy (non-hydrogen) atoms. The van der Waals surface area contributed by atoms with Crippen molar-refractivity contribution in [1.82, 2.24) is 0 Å². The Labute approximate surface area is 268 Å². The van der Waals surface area contributed by atoms with Crippen LogP contribution < -0.4 is 97.1 Å². The second-order valence-electron chi connectivity index (χ2n) is 6.23. The van der Waals surface area contributed by atoms with Gasteiger partial charge in [-0.2, -0.15) is 0 Å². The van der Waals surface area contributed by atoms with E-state index in [1.165, 1.54) is 12.1 Å². The molecule has 3 rings (SSSR count). The summed E-state index contributed by atoms with van der Waals surface area (Å²) in [6.07, 6.45) is 0. The van der Waals surface area contributed by atoms with Crippen molar-refractivity contribution in [2.45, 2.75) is 9.79 Å². The fourth-order valence-electron chi connectivity index (χ4n) is 2.76. The number of azo groups is 1. The predicted octanol–water partition coefficient (Wildman–Crippen LogP) is -9.58. The molecule has 3 N–H and O–H groups in total. The number of phenols is 2. The topological polar surface area (TPSA) is 240 Å². The summed E-state index contributed by atoms with van der Waals surface area (Å²) in [4.78, 5) is -2.17. The Morgan fingerprint density at radius 1 is 0.857 bits per heavy atom. The molecule has 0 amide bonds. The summed E-state index contributed by atoms with van der Waals surface area (Å²) < 4.78 is 101. The minimum Gasteiger partial charge on any atom is 1.00 e. The Morgan fingerprint density at radius 2 is 1.43 bits per heavy atom. The van der Waals surface area contributed by atoms with E-state index in [-0.39, 0.29) is 88.7 Å². The van der Waals surface area contributed by atoms with Crippen LogP contribution in [0.25, 0.3) is 10.8 Å². The van der Waals surface area contributed by atoms with Crippen molar-refractivity contribution in [3.63, 3.8) is 0 Å². The van der Waals surface area contributed by atoms with Gasteiger partial charge in [-0.15, -0.1) is 0 Å². The molecule has 3 aromatic rings. The average molecular weight is 614 g/mol. The molecule has 0 saturated heterocycles. The zero-order valence-corrected chi connectivity index (χ0v) is 27.8. The minimum atomic E-state index is -5.74.